The molecule has 2 heteroatoms. The van der Waals surface area contributed by atoms with Gasteiger partial charge in [-0.3, -0.25) is 0 Å². The van der Waals surface area contributed by atoms with Crippen molar-refractivity contribution in [3.05, 3.63) is 22.3 Å². The van der Waals surface area contributed by atoms with E-state index in [0.29, 0.717) is 0 Å². The van der Waals surface area contributed by atoms with E-state index in [1.54, 1.807) is 22.3 Å². The molecule has 0 saturated carbocycles. The third kappa shape index (κ3) is 2.19. The minimum absolute atomic E-state index is 0.161. The van der Waals surface area contributed by atoms with Crippen LogP contribution in [0.1, 0.15) is 51.4 Å². The van der Waals surface area contributed by atoms with Gasteiger partial charge in [-0.25, -0.2) is 0 Å². The summed E-state index contributed by atoms with van der Waals surface area (Å²) < 4.78 is 11.1. The number of methoxy groups -OCH3 is 2. The fraction of sp³-hybridized carbons (Fsp3) is 0.765. The van der Waals surface area contributed by atoms with E-state index in [1.165, 1.54) is 51.4 Å². The van der Waals surface area contributed by atoms with E-state index < -0.39 is 0 Å². The Hall–Kier alpha value is -0.600. The maximum atomic E-state index is 5.57. The number of allylic oxidation sites excluding steroid dienone is 3. The number of hydrogen-bond donors (Lipinski definition) is 0. The van der Waals surface area contributed by atoms with Crippen LogP contribution in [0.25, 0.3) is 0 Å². The van der Waals surface area contributed by atoms with E-state index in [2.05, 4.69) is 0 Å². The molecule has 0 heterocycles. The van der Waals surface area contributed by atoms with Crippen LogP contribution in [-0.4, -0.2) is 27.4 Å². The lowest BCUT2D eigenvalue weighted by atomic mass is 9.70. The zero-order valence-electron chi connectivity index (χ0n) is 12.4. The number of hydrogen-bond acceptors (Lipinski definition) is 2. The van der Waals surface area contributed by atoms with Crippen molar-refractivity contribution in [1.29, 1.82) is 0 Å². The van der Waals surface area contributed by atoms with Gasteiger partial charge < -0.3 is 9.47 Å². The molecule has 3 rings (SSSR count). The molecule has 0 aromatic carbocycles. The van der Waals surface area contributed by atoms with Gasteiger partial charge in [0.05, 0.1) is 13.2 Å². The molecule has 0 aromatic heterocycles. The van der Waals surface area contributed by atoms with E-state index >= 15 is 0 Å². The second kappa shape index (κ2) is 5.41. The average molecular weight is 262 g/mol. The molecule has 106 valence electrons. The summed E-state index contributed by atoms with van der Waals surface area (Å²) in [4.78, 5) is 0. The topological polar surface area (TPSA) is 18.5 Å². The minimum atomic E-state index is 0.161. The fourth-order valence-electron chi connectivity index (χ4n) is 4.51. The van der Waals surface area contributed by atoms with Crippen LogP contribution in [0.5, 0.6) is 0 Å². The van der Waals surface area contributed by atoms with Crippen molar-refractivity contribution >= 4 is 0 Å². The van der Waals surface area contributed by atoms with E-state index in [-0.39, 0.29) is 5.41 Å². The summed E-state index contributed by atoms with van der Waals surface area (Å²) in [7, 11) is 3.66. The highest BCUT2D eigenvalue weighted by molar-refractivity contribution is 5.51. The zero-order valence-corrected chi connectivity index (χ0v) is 12.4. The minimum Gasteiger partial charge on any atom is -0.384 e. The SMILES string of the molecule is COCC1(COC)CCCC2=C1CC1=C2CCCC1. The molecule has 0 aromatic rings. The highest BCUT2D eigenvalue weighted by atomic mass is 16.5. The molecular formula is C17H26O2. The molecule has 0 radical (unpaired) electrons. The Morgan fingerprint density at radius 1 is 0.895 bits per heavy atom. The van der Waals surface area contributed by atoms with Crippen LogP contribution in [0, 0.1) is 5.41 Å². The van der Waals surface area contributed by atoms with E-state index in [0.717, 1.165) is 13.2 Å². The van der Waals surface area contributed by atoms with Crippen LogP contribution >= 0.6 is 0 Å². The summed E-state index contributed by atoms with van der Waals surface area (Å²) in [6.07, 6.45) is 10.5. The molecule has 3 aliphatic carbocycles. The third-order valence-electron chi connectivity index (χ3n) is 5.26. The predicted molar refractivity (Wildman–Crippen MR) is 77.2 cm³/mol. The summed E-state index contributed by atoms with van der Waals surface area (Å²) in [5.74, 6) is 0. The van der Waals surface area contributed by atoms with E-state index in [9.17, 15) is 0 Å². The Morgan fingerprint density at radius 3 is 2.32 bits per heavy atom. The molecule has 0 N–H and O–H groups in total. The molecule has 0 unspecified atom stereocenters. The Balaban J connectivity index is 1.94. The van der Waals surface area contributed by atoms with Crippen molar-refractivity contribution in [3.8, 4) is 0 Å². The van der Waals surface area contributed by atoms with Crippen LogP contribution in [0.15, 0.2) is 22.3 Å². The summed E-state index contributed by atoms with van der Waals surface area (Å²) >= 11 is 0. The van der Waals surface area contributed by atoms with Crippen molar-refractivity contribution in [2.24, 2.45) is 5.41 Å². The van der Waals surface area contributed by atoms with Gasteiger partial charge in [0.25, 0.3) is 0 Å². The second-order valence-electron chi connectivity index (χ2n) is 6.42. The summed E-state index contributed by atoms with van der Waals surface area (Å²) in [6.45, 7) is 1.64. The maximum absolute atomic E-state index is 5.57. The molecule has 0 saturated heterocycles. The normalized spacial score (nSPS) is 25.6. The van der Waals surface area contributed by atoms with Crippen LogP contribution < -0.4 is 0 Å². The summed E-state index contributed by atoms with van der Waals surface area (Å²) in [5.41, 5.74) is 7.02. The lowest BCUT2D eigenvalue weighted by Gasteiger charge is -2.39. The molecule has 3 aliphatic rings. The first-order valence-corrected chi connectivity index (χ1v) is 7.72. The Bertz CT molecular complexity index is 411. The van der Waals surface area contributed by atoms with Gasteiger partial charge in [0.15, 0.2) is 0 Å². The van der Waals surface area contributed by atoms with Crippen LogP contribution in [0.2, 0.25) is 0 Å². The Kier molecular flexibility index (Phi) is 3.81. The zero-order chi connectivity index (χ0) is 13.3. The highest BCUT2D eigenvalue weighted by Gasteiger charge is 2.42. The second-order valence-corrected chi connectivity index (χ2v) is 6.42. The number of rotatable bonds is 4. The first-order chi connectivity index (χ1) is 9.30. The smallest absolute Gasteiger partial charge is 0.0578 e. The first kappa shape index (κ1) is 13.4. The standard InChI is InChI=1S/C17H26O2/c1-18-11-17(12-19-2)9-5-8-15-14-7-4-3-6-13(14)10-16(15)17/h3-12H2,1-2H3. The van der Waals surface area contributed by atoms with Crippen LogP contribution in [-0.2, 0) is 9.47 Å². The van der Waals surface area contributed by atoms with Gasteiger partial charge in [0.1, 0.15) is 0 Å². The van der Waals surface area contributed by atoms with Gasteiger partial charge in [-0.1, -0.05) is 11.1 Å². The maximum Gasteiger partial charge on any atom is 0.0578 e. The first-order valence-electron chi connectivity index (χ1n) is 7.72. The van der Waals surface area contributed by atoms with E-state index in [1.807, 2.05) is 14.2 Å². The molecule has 0 fully saturated rings. The molecular weight excluding hydrogens is 236 g/mol. The number of ether oxygens (including phenoxy) is 2. The van der Waals surface area contributed by atoms with Crippen molar-refractivity contribution < 1.29 is 9.47 Å². The average Bonchev–Trinajstić information content (AvgIpc) is 2.80. The van der Waals surface area contributed by atoms with Crippen LogP contribution in [0.4, 0.5) is 0 Å². The van der Waals surface area contributed by atoms with Gasteiger partial charge in [-0.05, 0) is 62.5 Å². The Morgan fingerprint density at radius 2 is 1.58 bits per heavy atom. The molecule has 0 aliphatic heterocycles. The molecule has 2 nitrogen and oxygen atoms in total. The van der Waals surface area contributed by atoms with Gasteiger partial charge in [0, 0.05) is 19.6 Å². The van der Waals surface area contributed by atoms with Crippen molar-refractivity contribution in [2.75, 3.05) is 27.4 Å². The monoisotopic (exact) mass is 262 g/mol. The highest BCUT2D eigenvalue weighted by Crippen LogP contribution is 2.53. The molecule has 0 spiro atoms. The van der Waals surface area contributed by atoms with Crippen LogP contribution in [0.3, 0.4) is 0 Å². The van der Waals surface area contributed by atoms with E-state index in [4.69, 9.17) is 9.47 Å². The molecule has 19 heavy (non-hydrogen) atoms. The van der Waals surface area contributed by atoms with Gasteiger partial charge in [-0.2, -0.15) is 0 Å². The van der Waals surface area contributed by atoms with Crippen molar-refractivity contribution in [1.82, 2.24) is 0 Å². The van der Waals surface area contributed by atoms with Crippen molar-refractivity contribution in [2.45, 2.75) is 51.4 Å². The largest absolute Gasteiger partial charge is 0.384 e. The predicted octanol–water partition coefficient (Wildman–Crippen LogP) is 4.02. The van der Waals surface area contributed by atoms with Gasteiger partial charge >= 0.3 is 0 Å². The lowest BCUT2D eigenvalue weighted by Crippen LogP contribution is -2.36. The number of fused-ring (bicyclic) bond motifs is 1. The van der Waals surface area contributed by atoms with Crippen molar-refractivity contribution in [3.63, 3.8) is 0 Å². The van der Waals surface area contributed by atoms with Gasteiger partial charge in [0.2, 0.25) is 0 Å². The fourth-order valence-corrected chi connectivity index (χ4v) is 4.51. The molecule has 0 amide bonds. The molecule has 0 bridgehead atoms. The third-order valence-corrected chi connectivity index (χ3v) is 5.26. The molecule has 0 atom stereocenters. The summed E-state index contributed by atoms with van der Waals surface area (Å²) in [6, 6.07) is 0. The lowest BCUT2D eigenvalue weighted by molar-refractivity contribution is 0.0222. The summed E-state index contributed by atoms with van der Waals surface area (Å²) in [5, 5.41) is 0. The van der Waals surface area contributed by atoms with Gasteiger partial charge in [-0.15, -0.1) is 0 Å². The Labute approximate surface area is 116 Å². The quantitative estimate of drug-likeness (QED) is 0.762.